The Morgan fingerprint density at radius 2 is 1.97 bits per heavy atom. The Kier molecular flexibility index (Phi) is 4.72. The van der Waals surface area contributed by atoms with Crippen LogP contribution in [0.2, 0.25) is 0 Å². The first-order valence-electron chi connectivity index (χ1n) is 11.2. The van der Waals surface area contributed by atoms with Gasteiger partial charge >= 0.3 is 0 Å². The molecule has 2 fully saturated rings. The number of hydrogen-bond acceptors (Lipinski definition) is 7. The molecule has 2 saturated heterocycles. The molecule has 0 spiro atoms. The van der Waals surface area contributed by atoms with Crippen molar-refractivity contribution >= 4 is 16.9 Å². The van der Waals surface area contributed by atoms with Crippen molar-refractivity contribution in [3.05, 3.63) is 48.5 Å². The smallest absolute Gasteiger partial charge is 0.245 e. The summed E-state index contributed by atoms with van der Waals surface area (Å²) in [5.41, 5.74) is 2.73. The number of phenols is 1. The lowest BCUT2D eigenvalue weighted by Crippen LogP contribution is -2.50. The van der Waals surface area contributed by atoms with Crippen molar-refractivity contribution in [1.29, 1.82) is 0 Å². The van der Waals surface area contributed by atoms with E-state index in [4.69, 9.17) is 0 Å². The second-order valence-corrected chi connectivity index (χ2v) is 8.85. The molecule has 2 aromatic carbocycles. The molecule has 1 N–H and O–H groups in total. The van der Waals surface area contributed by atoms with Gasteiger partial charge in [-0.2, -0.15) is 5.10 Å². The summed E-state index contributed by atoms with van der Waals surface area (Å²) in [6, 6.07) is 9.08. The van der Waals surface area contributed by atoms with Gasteiger partial charge in [-0.1, -0.05) is 6.07 Å². The van der Waals surface area contributed by atoms with Gasteiger partial charge in [0.15, 0.2) is 5.82 Å². The minimum atomic E-state index is -0.393. The molecule has 0 aliphatic carbocycles. The van der Waals surface area contributed by atoms with Crippen LogP contribution in [0.4, 0.5) is 10.3 Å². The normalized spacial score (nSPS) is 18.7. The van der Waals surface area contributed by atoms with Gasteiger partial charge in [-0.15, -0.1) is 10.2 Å². The third-order valence-electron chi connectivity index (χ3n) is 6.70. The van der Waals surface area contributed by atoms with Crippen molar-refractivity contribution in [3.8, 4) is 28.1 Å². The topological polar surface area (TPSA) is 83.2 Å². The van der Waals surface area contributed by atoms with E-state index in [0.717, 1.165) is 19.6 Å². The summed E-state index contributed by atoms with van der Waals surface area (Å²) in [5.74, 6) is 0.278. The minimum absolute atomic E-state index is 0.0441. The summed E-state index contributed by atoms with van der Waals surface area (Å²) < 4.78 is 16.1. The number of rotatable bonds is 3. The predicted molar refractivity (Wildman–Crippen MR) is 123 cm³/mol. The first-order valence-corrected chi connectivity index (χ1v) is 11.2. The van der Waals surface area contributed by atoms with E-state index in [-0.39, 0.29) is 5.75 Å². The number of phenolic OH excluding ortho intramolecular Hbond substituents is 1. The minimum Gasteiger partial charge on any atom is -0.507 e. The molecule has 0 unspecified atom stereocenters. The number of hydrogen-bond donors (Lipinski definition) is 1. The summed E-state index contributed by atoms with van der Waals surface area (Å²) in [7, 11) is 1.76. The zero-order chi connectivity index (χ0) is 22.5. The van der Waals surface area contributed by atoms with Crippen LogP contribution >= 0.6 is 0 Å². The van der Waals surface area contributed by atoms with E-state index in [1.165, 1.54) is 25.5 Å². The van der Waals surface area contributed by atoms with E-state index in [1.807, 2.05) is 12.1 Å². The van der Waals surface area contributed by atoms with Crippen LogP contribution in [0.3, 0.4) is 0 Å². The van der Waals surface area contributed by atoms with Gasteiger partial charge < -0.3 is 10.0 Å². The molecule has 6 rings (SSSR count). The lowest BCUT2D eigenvalue weighted by molar-refractivity contribution is 0.229. The summed E-state index contributed by atoms with van der Waals surface area (Å²) >= 11 is 0. The van der Waals surface area contributed by atoms with Gasteiger partial charge in [0.1, 0.15) is 17.0 Å². The maximum Gasteiger partial charge on any atom is 0.245 e. The highest BCUT2D eigenvalue weighted by Crippen LogP contribution is 2.34. The van der Waals surface area contributed by atoms with E-state index < -0.39 is 5.82 Å². The second-order valence-electron chi connectivity index (χ2n) is 8.85. The highest BCUT2D eigenvalue weighted by molar-refractivity contribution is 5.85. The highest BCUT2D eigenvalue weighted by Gasteiger charge is 2.31. The van der Waals surface area contributed by atoms with Crippen molar-refractivity contribution in [3.63, 3.8) is 0 Å². The van der Waals surface area contributed by atoms with Crippen LogP contribution in [-0.4, -0.2) is 67.2 Å². The second kappa shape index (κ2) is 7.77. The van der Waals surface area contributed by atoms with E-state index in [1.54, 1.807) is 36.3 Å². The first kappa shape index (κ1) is 20.0. The van der Waals surface area contributed by atoms with E-state index >= 15 is 0 Å². The van der Waals surface area contributed by atoms with Crippen LogP contribution < -0.4 is 4.90 Å². The quantitative estimate of drug-likeness (QED) is 0.518. The van der Waals surface area contributed by atoms with Gasteiger partial charge in [0.25, 0.3) is 0 Å². The standard InChI is InChI=1S/C24H24FN7O/c1-30-13-17-9-16(10-20(25)23(17)29-30)15-4-5-19(22(33)11-15)21-12-26-24(28-27-21)32-8-7-31-6-2-3-18(31)14-32/h4-5,9-13,18,33H,2-3,6-8,14H2,1H3/t18-/m1/s1. The van der Waals surface area contributed by atoms with Crippen LogP contribution in [0.1, 0.15) is 12.8 Å². The van der Waals surface area contributed by atoms with Gasteiger partial charge in [-0.3, -0.25) is 9.58 Å². The van der Waals surface area contributed by atoms with Gasteiger partial charge in [0.05, 0.1) is 6.20 Å². The molecule has 8 nitrogen and oxygen atoms in total. The van der Waals surface area contributed by atoms with Crippen molar-refractivity contribution in [2.75, 3.05) is 31.1 Å². The largest absolute Gasteiger partial charge is 0.507 e. The van der Waals surface area contributed by atoms with Gasteiger partial charge in [0.2, 0.25) is 5.95 Å². The monoisotopic (exact) mass is 445 g/mol. The number of aromatic nitrogens is 5. The summed E-state index contributed by atoms with van der Waals surface area (Å²) in [6.45, 7) is 4.05. The average molecular weight is 446 g/mol. The molecule has 0 bridgehead atoms. The summed E-state index contributed by atoms with van der Waals surface area (Å²) in [4.78, 5) is 9.25. The Hall–Kier alpha value is -3.59. The molecule has 2 aliphatic rings. The Bertz CT molecular complexity index is 1340. The SMILES string of the molecule is Cn1cc2cc(-c3ccc(-c4cnc(N5CCN6CCC[C@@H]6C5)nn4)c(O)c3)cc(F)c2n1. The van der Waals surface area contributed by atoms with Crippen molar-refractivity contribution < 1.29 is 9.50 Å². The molecule has 9 heteroatoms. The van der Waals surface area contributed by atoms with E-state index in [2.05, 4.69) is 30.1 Å². The van der Waals surface area contributed by atoms with E-state index in [9.17, 15) is 9.50 Å². The molecule has 1 atom stereocenters. The Morgan fingerprint density at radius 3 is 2.79 bits per heavy atom. The maximum absolute atomic E-state index is 14.5. The fourth-order valence-corrected chi connectivity index (χ4v) is 5.02. The summed E-state index contributed by atoms with van der Waals surface area (Å²) in [5, 5.41) is 24.2. The van der Waals surface area contributed by atoms with Crippen LogP contribution in [0, 0.1) is 5.82 Å². The number of aromatic hydroxyl groups is 1. The van der Waals surface area contributed by atoms with Gasteiger partial charge in [0, 0.05) is 49.9 Å². The number of nitrogens with zero attached hydrogens (tertiary/aromatic N) is 7. The number of halogens is 1. The molecular weight excluding hydrogens is 421 g/mol. The fraction of sp³-hybridized carbons (Fsp3) is 0.333. The van der Waals surface area contributed by atoms with Crippen molar-refractivity contribution in [2.45, 2.75) is 18.9 Å². The average Bonchev–Trinajstić information content (AvgIpc) is 3.44. The molecule has 4 heterocycles. The van der Waals surface area contributed by atoms with Crippen molar-refractivity contribution in [1.82, 2.24) is 29.9 Å². The molecule has 33 heavy (non-hydrogen) atoms. The molecule has 0 radical (unpaired) electrons. The molecule has 2 aliphatic heterocycles. The number of anilines is 1. The molecule has 2 aromatic heterocycles. The number of benzene rings is 2. The Morgan fingerprint density at radius 1 is 1.06 bits per heavy atom. The third-order valence-corrected chi connectivity index (χ3v) is 6.70. The molecule has 168 valence electrons. The van der Waals surface area contributed by atoms with Crippen LogP contribution in [0.25, 0.3) is 33.3 Å². The highest BCUT2D eigenvalue weighted by atomic mass is 19.1. The van der Waals surface area contributed by atoms with Crippen LogP contribution in [0.15, 0.2) is 42.7 Å². The third kappa shape index (κ3) is 3.58. The molecule has 0 amide bonds. The van der Waals surface area contributed by atoms with Crippen LogP contribution in [-0.2, 0) is 7.05 Å². The molecular formula is C24H24FN7O. The lowest BCUT2D eigenvalue weighted by atomic mass is 10.0. The summed E-state index contributed by atoms with van der Waals surface area (Å²) in [6.07, 6.45) is 5.90. The van der Waals surface area contributed by atoms with Crippen molar-refractivity contribution in [2.24, 2.45) is 7.05 Å². The number of piperazine rings is 1. The number of aryl methyl sites for hydroxylation is 1. The Balaban J connectivity index is 1.25. The van der Waals surface area contributed by atoms with Gasteiger partial charge in [-0.05, 0) is 54.8 Å². The molecule has 4 aromatic rings. The van der Waals surface area contributed by atoms with Crippen LogP contribution in [0.5, 0.6) is 5.75 Å². The maximum atomic E-state index is 14.5. The Labute approximate surface area is 190 Å². The lowest BCUT2D eigenvalue weighted by Gasteiger charge is -2.37. The zero-order valence-electron chi connectivity index (χ0n) is 18.3. The van der Waals surface area contributed by atoms with Gasteiger partial charge in [-0.25, -0.2) is 9.37 Å². The zero-order valence-corrected chi connectivity index (χ0v) is 18.3. The fourth-order valence-electron chi connectivity index (χ4n) is 5.02. The van der Waals surface area contributed by atoms with E-state index in [0.29, 0.717) is 45.3 Å². The number of fused-ring (bicyclic) bond motifs is 2. The first-order chi connectivity index (χ1) is 16.0. The predicted octanol–water partition coefficient (Wildman–Crippen LogP) is 3.22. The molecule has 0 saturated carbocycles.